The number of amides is 2. The van der Waals surface area contributed by atoms with Crippen molar-refractivity contribution in [3.63, 3.8) is 0 Å². The van der Waals surface area contributed by atoms with Crippen LogP contribution in [0.15, 0.2) is 42.6 Å². The van der Waals surface area contributed by atoms with Crippen LogP contribution in [0.1, 0.15) is 17.4 Å². The van der Waals surface area contributed by atoms with E-state index in [9.17, 15) is 14.4 Å². The van der Waals surface area contributed by atoms with E-state index in [1.807, 2.05) is 0 Å². The summed E-state index contributed by atoms with van der Waals surface area (Å²) in [5.41, 5.74) is 1.14. The zero-order valence-electron chi connectivity index (χ0n) is 12.7. The molecule has 2 N–H and O–H groups in total. The number of carbonyl (C=O) groups excluding carboxylic acids is 3. The number of aromatic nitrogens is 1. The Morgan fingerprint density at radius 3 is 2.29 bits per heavy atom. The standard InChI is InChI=1S/C16H14ClN3O4/c1-10(21)19-12-2-4-13(5-3-12)20-15(22)9-24-16(23)14-8-11(17)6-7-18-14/h2-8H,9H2,1H3,(H,19,21)(H,20,22). The number of hydrogen-bond acceptors (Lipinski definition) is 5. The monoisotopic (exact) mass is 347 g/mol. The van der Waals surface area contributed by atoms with Crippen LogP contribution in [0.25, 0.3) is 0 Å². The Morgan fingerprint density at radius 2 is 1.71 bits per heavy atom. The Labute approximate surface area is 143 Å². The Bertz CT molecular complexity index is 762. The highest BCUT2D eigenvalue weighted by atomic mass is 35.5. The van der Waals surface area contributed by atoms with Crippen molar-refractivity contribution >= 4 is 40.8 Å². The summed E-state index contributed by atoms with van der Waals surface area (Å²) in [5, 5.41) is 5.52. The molecule has 8 heteroatoms. The lowest BCUT2D eigenvalue weighted by atomic mass is 10.2. The summed E-state index contributed by atoms with van der Waals surface area (Å²) < 4.78 is 4.86. The number of halogens is 1. The molecule has 2 amide bonds. The van der Waals surface area contributed by atoms with E-state index in [0.29, 0.717) is 16.4 Å². The quantitative estimate of drug-likeness (QED) is 0.810. The number of rotatable bonds is 5. The number of carbonyl (C=O) groups is 3. The molecule has 24 heavy (non-hydrogen) atoms. The van der Waals surface area contributed by atoms with Gasteiger partial charge in [-0.25, -0.2) is 9.78 Å². The molecule has 1 heterocycles. The van der Waals surface area contributed by atoms with Gasteiger partial charge in [0.2, 0.25) is 5.91 Å². The highest BCUT2D eigenvalue weighted by Crippen LogP contribution is 2.13. The number of esters is 1. The van der Waals surface area contributed by atoms with E-state index in [1.165, 1.54) is 25.3 Å². The second-order valence-corrected chi connectivity index (χ2v) is 5.18. The second-order valence-electron chi connectivity index (χ2n) is 4.74. The minimum Gasteiger partial charge on any atom is -0.451 e. The number of pyridine rings is 1. The van der Waals surface area contributed by atoms with Crippen LogP contribution < -0.4 is 10.6 Å². The maximum Gasteiger partial charge on any atom is 0.357 e. The molecule has 0 fully saturated rings. The summed E-state index contributed by atoms with van der Waals surface area (Å²) >= 11 is 5.75. The first-order valence-corrected chi connectivity index (χ1v) is 7.28. The lowest BCUT2D eigenvalue weighted by Crippen LogP contribution is -2.21. The lowest BCUT2D eigenvalue weighted by Gasteiger charge is -2.07. The van der Waals surface area contributed by atoms with Crippen molar-refractivity contribution in [1.29, 1.82) is 0 Å². The number of benzene rings is 1. The molecule has 0 saturated carbocycles. The lowest BCUT2D eigenvalue weighted by molar-refractivity contribution is -0.119. The summed E-state index contributed by atoms with van der Waals surface area (Å²) in [6.45, 7) is 0.944. The fourth-order valence-electron chi connectivity index (χ4n) is 1.76. The van der Waals surface area contributed by atoms with E-state index in [-0.39, 0.29) is 11.6 Å². The van der Waals surface area contributed by atoms with E-state index < -0.39 is 18.5 Å². The Morgan fingerprint density at radius 1 is 1.08 bits per heavy atom. The molecular weight excluding hydrogens is 334 g/mol. The highest BCUT2D eigenvalue weighted by molar-refractivity contribution is 6.30. The van der Waals surface area contributed by atoms with Gasteiger partial charge in [-0.05, 0) is 36.4 Å². The minimum atomic E-state index is -0.742. The molecule has 0 atom stereocenters. The summed E-state index contributed by atoms with van der Waals surface area (Å²) in [5.74, 6) is -1.43. The van der Waals surface area contributed by atoms with Gasteiger partial charge in [0.05, 0.1) is 0 Å². The molecule has 0 spiro atoms. The van der Waals surface area contributed by atoms with E-state index in [2.05, 4.69) is 15.6 Å². The Kier molecular flexibility index (Phi) is 5.86. The summed E-state index contributed by atoms with van der Waals surface area (Å²) in [4.78, 5) is 38.2. The molecule has 2 rings (SSSR count). The maximum absolute atomic E-state index is 11.8. The van der Waals surface area contributed by atoms with Crippen molar-refractivity contribution in [3.8, 4) is 0 Å². The molecule has 2 aromatic rings. The van der Waals surface area contributed by atoms with Gasteiger partial charge in [-0.15, -0.1) is 0 Å². The first kappa shape index (κ1) is 17.4. The molecule has 7 nitrogen and oxygen atoms in total. The van der Waals surface area contributed by atoms with Gasteiger partial charge < -0.3 is 15.4 Å². The second kappa shape index (κ2) is 8.07. The fourth-order valence-corrected chi connectivity index (χ4v) is 1.92. The average molecular weight is 348 g/mol. The van der Waals surface area contributed by atoms with E-state index in [1.54, 1.807) is 24.3 Å². The van der Waals surface area contributed by atoms with Gasteiger partial charge in [0.15, 0.2) is 6.61 Å². The number of nitrogens with zero attached hydrogens (tertiary/aromatic N) is 1. The van der Waals surface area contributed by atoms with Crippen molar-refractivity contribution in [1.82, 2.24) is 4.98 Å². The van der Waals surface area contributed by atoms with E-state index in [0.717, 1.165) is 0 Å². The van der Waals surface area contributed by atoms with Crippen molar-refractivity contribution in [3.05, 3.63) is 53.3 Å². The third-order valence-electron chi connectivity index (χ3n) is 2.75. The van der Waals surface area contributed by atoms with Gasteiger partial charge in [-0.3, -0.25) is 9.59 Å². The molecule has 0 aliphatic heterocycles. The van der Waals surface area contributed by atoms with Crippen molar-refractivity contribution in [2.24, 2.45) is 0 Å². The topological polar surface area (TPSA) is 97.4 Å². The van der Waals surface area contributed by atoms with Crippen LogP contribution in [0.2, 0.25) is 5.02 Å². The van der Waals surface area contributed by atoms with Gasteiger partial charge in [-0.1, -0.05) is 11.6 Å². The molecule has 0 bridgehead atoms. The molecule has 124 valence electrons. The third kappa shape index (κ3) is 5.36. The van der Waals surface area contributed by atoms with Gasteiger partial charge in [0.25, 0.3) is 5.91 Å². The molecule has 1 aromatic carbocycles. The molecule has 0 radical (unpaired) electrons. The zero-order chi connectivity index (χ0) is 17.5. The van der Waals surface area contributed by atoms with Gasteiger partial charge in [-0.2, -0.15) is 0 Å². The molecular formula is C16H14ClN3O4. The van der Waals surface area contributed by atoms with Crippen LogP contribution in [-0.4, -0.2) is 29.4 Å². The smallest absolute Gasteiger partial charge is 0.357 e. The molecule has 0 aliphatic rings. The van der Waals surface area contributed by atoms with Crippen molar-refractivity contribution in [2.75, 3.05) is 17.2 Å². The predicted molar refractivity (Wildman–Crippen MR) is 88.9 cm³/mol. The summed E-state index contributed by atoms with van der Waals surface area (Å²) in [7, 11) is 0. The molecule has 1 aromatic heterocycles. The third-order valence-corrected chi connectivity index (χ3v) is 2.99. The van der Waals surface area contributed by atoms with Crippen molar-refractivity contribution < 1.29 is 19.1 Å². The van der Waals surface area contributed by atoms with Crippen LogP contribution in [0.5, 0.6) is 0 Å². The number of anilines is 2. The van der Waals surface area contributed by atoms with Crippen molar-refractivity contribution in [2.45, 2.75) is 6.92 Å². The van der Waals surface area contributed by atoms with E-state index >= 15 is 0 Å². The number of hydrogen-bond donors (Lipinski definition) is 2. The van der Waals surface area contributed by atoms with Gasteiger partial charge >= 0.3 is 5.97 Å². The largest absolute Gasteiger partial charge is 0.451 e. The number of nitrogens with one attached hydrogen (secondary N) is 2. The maximum atomic E-state index is 11.8. The van der Waals surface area contributed by atoms with Crippen LogP contribution in [0, 0.1) is 0 Å². The Balaban J connectivity index is 1.84. The van der Waals surface area contributed by atoms with Crippen LogP contribution >= 0.6 is 11.6 Å². The normalized spacial score (nSPS) is 9.92. The first-order chi connectivity index (χ1) is 11.4. The van der Waals surface area contributed by atoms with Gasteiger partial charge in [0, 0.05) is 29.5 Å². The van der Waals surface area contributed by atoms with Crippen LogP contribution in [0.4, 0.5) is 11.4 Å². The zero-order valence-corrected chi connectivity index (χ0v) is 13.5. The van der Waals surface area contributed by atoms with Crippen LogP contribution in [0.3, 0.4) is 0 Å². The fraction of sp³-hybridized carbons (Fsp3) is 0.125. The summed E-state index contributed by atoms with van der Waals surface area (Å²) in [6.07, 6.45) is 1.37. The number of ether oxygens (including phenoxy) is 1. The SMILES string of the molecule is CC(=O)Nc1ccc(NC(=O)COC(=O)c2cc(Cl)ccn2)cc1. The van der Waals surface area contributed by atoms with E-state index in [4.69, 9.17) is 16.3 Å². The molecule has 0 aliphatic carbocycles. The molecule has 0 saturated heterocycles. The van der Waals surface area contributed by atoms with Gasteiger partial charge in [0.1, 0.15) is 5.69 Å². The summed E-state index contributed by atoms with van der Waals surface area (Å²) in [6, 6.07) is 9.38. The predicted octanol–water partition coefficient (Wildman–Crippen LogP) is 2.49. The molecule has 0 unspecified atom stereocenters. The Hall–Kier alpha value is -2.93. The van der Waals surface area contributed by atoms with Crippen LogP contribution in [-0.2, 0) is 14.3 Å². The highest BCUT2D eigenvalue weighted by Gasteiger charge is 2.12. The average Bonchev–Trinajstić information content (AvgIpc) is 2.54. The minimum absolute atomic E-state index is 0.0231. The first-order valence-electron chi connectivity index (χ1n) is 6.90.